The summed E-state index contributed by atoms with van der Waals surface area (Å²) in [6.45, 7) is 1.57. The van der Waals surface area contributed by atoms with Crippen molar-refractivity contribution in [2.45, 2.75) is 13.0 Å². The van der Waals surface area contributed by atoms with Crippen LogP contribution in [0.2, 0.25) is 0 Å². The van der Waals surface area contributed by atoms with E-state index in [0.717, 1.165) is 5.75 Å². The van der Waals surface area contributed by atoms with Crippen molar-refractivity contribution >= 4 is 0 Å². The molecule has 0 bridgehead atoms. The summed E-state index contributed by atoms with van der Waals surface area (Å²) < 4.78 is 10.2. The Kier molecular flexibility index (Phi) is 3.91. The molecule has 0 saturated carbocycles. The van der Waals surface area contributed by atoms with Gasteiger partial charge in [-0.05, 0) is 24.3 Å². The Hall–Kier alpha value is -1.78. The average Bonchev–Trinajstić information content (AvgIpc) is 2.26. The lowest BCUT2D eigenvalue weighted by Gasteiger charge is -2.07. The van der Waals surface area contributed by atoms with Crippen LogP contribution >= 0.6 is 0 Å². The number of methoxy groups -OCH3 is 1. The first-order valence-corrected chi connectivity index (χ1v) is 4.54. The fraction of sp³-hybridized carbons (Fsp3) is 0.400. The second-order valence-electron chi connectivity index (χ2n) is 3.12. The van der Waals surface area contributed by atoms with Crippen molar-refractivity contribution in [2.75, 3.05) is 13.7 Å². The van der Waals surface area contributed by atoms with Crippen molar-refractivity contribution in [3.63, 3.8) is 0 Å². The molecule has 5 heteroatoms. The first-order valence-electron chi connectivity index (χ1n) is 4.54. The van der Waals surface area contributed by atoms with Gasteiger partial charge in [0.2, 0.25) is 6.04 Å². The molecule has 0 fully saturated rings. The summed E-state index contributed by atoms with van der Waals surface area (Å²) in [6, 6.07) is 6.21. The van der Waals surface area contributed by atoms with E-state index in [1.807, 2.05) is 0 Å². The lowest BCUT2D eigenvalue weighted by atomic mass is 10.3. The molecule has 0 N–H and O–H groups in total. The number of rotatable bonds is 5. The fourth-order valence-electron chi connectivity index (χ4n) is 0.950. The van der Waals surface area contributed by atoms with E-state index in [0.29, 0.717) is 5.75 Å². The molecule has 0 radical (unpaired) electrons. The fourth-order valence-corrected chi connectivity index (χ4v) is 0.950. The lowest BCUT2D eigenvalue weighted by Crippen LogP contribution is -2.23. The number of benzene rings is 1. The zero-order valence-corrected chi connectivity index (χ0v) is 8.67. The predicted molar refractivity (Wildman–Crippen MR) is 54.9 cm³/mol. The molecule has 0 aliphatic rings. The average molecular weight is 211 g/mol. The van der Waals surface area contributed by atoms with Gasteiger partial charge in [-0.1, -0.05) is 0 Å². The van der Waals surface area contributed by atoms with Crippen LogP contribution in [-0.2, 0) is 0 Å². The SMILES string of the molecule is COc1ccc(OCC(C)[N+](=O)[O-])cc1. The molecule has 0 heterocycles. The zero-order chi connectivity index (χ0) is 11.3. The lowest BCUT2D eigenvalue weighted by molar-refractivity contribution is -0.520. The highest BCUT2D eigenvalue weighted by Gasteiger charge is 2.12. The van der Waals surface area contributed by atoms with E-state index in [9.17, 15) is 10.1 Å². The highest BCUT2D eigenvalue weighted by molar-refractivity contribution is 5.31. The molecule has 0 aromatic heterocycles. The molecule has 0 saturated heterocycles. The van der Waals surface area contributed by atoms with Crippen LogP contribution in [0.5, 0.6) is 11.5 Å². The minimum Gasteiger partial charge on any atom is -0.497 e. The van der Waals surface area contributed by atoms with Crippen molar-refractivity contribution in [2.24, 2.45) is 0 Å². The molecule has 1 aromatic rings. The van der Waals surface area contributed by atoms with Gasteiger partial charge in [0.15, 0.2) is 6.61 Å². The molecular formula is C10H13NO4. The number of ether oxygens (including phenoxy) is 2. The van der Waals surface area contributed by atoms with Gasteiger partial charge in [-0.15, -0.1) is 0 Å². The summed E-state index contributed by atoms with van der Waals surface area (Å²) in [5.41, 5.74) is 0. The van der Waals surface area contributed by atoms with Crippen LogP contribution < -0.4 is 9.47 Å². The smallest absolute Gasteiger partial charge is 0.243 e. The van der Waals surface area contributed by atoms with Gasteiger partial charge in [0, 0.05) is 11.8 Å². The zero-order valence-electron chi connectivity index (χ0n) is 8.67. The molecule has 0 aliphatic heterocycles. The molecular weight excluding hydrogens is 198 g/mol. The van der Waals surface area contributed by atoms with Gasteiger partial charge in [0.1, 0.15) is 11.5 Å². The molecule has 1 atom stereocenters. The third-order valence-electron chi connectivity index (χ3n) is 1.91. The number of hydrogen-bond donors (Lipinski definition) is 0. The normalized spacial score (nSPS) is 11.9. The molecule has 1 aromatic carbocycles. The van der Waals surface area contributed by atoms with Crippen LogP contribution in [0.1, 0.15) is 6.92 Å². The third kappa shape index (κ3) is 3.46. The van der Waals surface area contributed by atoms with E-state index < -0.39 is 6.04 Å². The Morgan fingerprint density at radius 2 is 1.87 bits per heavy atom. The minimum atomic E-state index is -0.702. The van der Waals surface area contributed by atoms with Gasteiger partial charge in [-0.3, -0.25) is 10.1 Å². The van der Waals surface area contributed by atoms with Crippen molar-refractivity contribution in [3.8, 4) is 11.5 Å². The van der Waals surface area contributed by atoms with Gasteiger partial charge >= 0.3 is 0 Å². The van der Waals surface area contributed by atoms with E-state index in [1.54, 1.807) is 31.4 Å². The highest BCUT2D eigenvalue weighted by atomic mass is 16.6. The molecule has 5 nitrogen and oxygen atoms in total. The number of nitro groups is 1. The first-order chi connectivity index (χ1) is 7.13. The van der Waals surface area contributed by atoms with E-state index in [1.165, 1.54) is 6.92 Å². The summed E-state index contributed by atoms with van der Waals surface area (Å²) in [7, 11) is 1.57. The number of hydrogen-bond acceptors (Lipinski definition) is 4. The monoisotopic (exact) mass is 211 g/mol. The van der Waals surface area contributed by atoms with E-state index in [4.69, 9.17) is 9.47 Å². The summed E-state index contributed by atoms with van der Waals surface area (Å²) in [5.74, 6) is 1.33. The summed E-state index contributed by atoms with van der Waals surface area (Å²) >= 11 is 0. The van der Waals surface area contributed by atoms with Gasteiger partial charge in [0.25, 0.3) is 0 Å². The molecule has 1 unspecified atom stereocenters. The summed E-state index contributed by atoms with van der Waals surface area (Å²) in [5, 5.41) is 10.3. The largest absolute Gasteiger partial charge is 0.497 e. The molecule has 15 heavy (non-hydrogen) atoms. The summed E-state index contributed by atoms with van der Waals surface area (Å²) in [4.78, 5) is 9.96. The highest BCUT2D eigenvalue weighted by Crippen LogP contribution is 2.17. The maximum Gasteiger partial charge on any atom is 0.243 e. The van der Waals surface area contributed by atoms with Gasteiger partial charge in [0.05, 0.1) is 7.11 Å². The number of nitrogens with zero attached hydrogens (tertiary/aromatic N) is 1. The predicted octanol–water partition coefficient (Wildman–Crippen LogP) is 1.74. The van der Waals surface area contributed by atoms with Crippen LogP contribution in [0.25, 0.3) is 0 Å². The first kappa shape index (κ1) is 11.3. The Morgan fingerprint density at radius 3 is 2.33 bits per heavy atom. The Morgan fingerprint density at radius 1 is 1.33 bits per heavy atom. The Bertz CT molecular complexity index is 323. The molecule has 0 aliphatic carbocycles. The van der Waals surface area contributed by atoms with E-state index >= 15 is 0 Å². The van der Waals surface area contributed by atoms with Crippen LogP contribution in [0, 0.1) is 10.1 Å². The second kappa shape index (κ2) is 5.19. The third-order valence-corrected chi connectivity index (χ3v) is 1.91. The van der Waals surface area contributed by atoms with E-state index in [2.05, 4.69) is 0 Å². The maximum absolute atomic E-state index is 10.3. The van der Waals surface area contributed by atoms with Crippen LogP contribution in [0.3, 0.4) is 0 Å². The quantitative estimate of drug-likeness (QED) is 0.549. The molecule has 1 rings (SSSR count). The van der Waals surface area contributed by atoms with Gasteiger partial charge < -0.3 is 9.47 Å². The summed E-state index contributed by atoms with van der Waals surface area (Å²) in [6.07, 6.45) is 0. The maximum atomic E-state index is 10.3. The Labute approximate surface area is 87.8 Å². The van der Waals surface area contributed by atoms with E-state index in [-0.39, 0.29) is 11.5 Å². The second-order valence-corrected chi connectivity index (χ2v) is 3.12. The van der Waals surface area contributed by atoms with Crippen LogP contribution in [0.4, 0.5) is 0 Å². The Balaban J connectivity index is 2.47. The van der Waals surface area contributed by atoms with Gasteiger partial charge in [-0.25, -0.2) is 0 Å². The minimum absolute atomic E-state index is 0.0688. The van der Waals surface area contributed by atoms with Crippen LogP contribution in [-0.4, -0.2) is 24.7 Å². The molecule has 82 valence electrons. The van der Waals surface area contributed by atoms with Crippen molar-refractivity contribution in [1.82, 2.24) is 0 Å². The van der Waals surface area contributed by atoms with Crippen molar-refractivity contribution < 1.29 is 14.4 Å². The van der Waals surface area contributed by atoms with Crippen LogP contribution in [0.15, 0.2) is 24.3 Å². The standard InChI is InChI=1S/C10H13NO4/c1-8(11(12)13)7-15-10-5-3-9(14-2)4-6-10/h3-6,8H,7H2,1-2H3. The van der Waals surface area contributed by atoms with Crippen molar-refractivity contribution in [1.29, 1.82) is 0 Å². The topological polar surface area (TPSA) is 61.6 Å². The molecule has 0 spiro atoms. The van der Waals surface area contributed by atoms with Gasteiger partial charge in [-0.2, -0.15) is 0 Å². The molecule has 0 amide bonds. The van der Waals surface area contributed by atoms with Crippen molar-refractivity contribution in [3.05, 3.63) is 34.4 Å².